The van der Waals surface area contributed by atoms with Crippen LogP contribution in [0.1, 0.15) is 32.3 Å². The molecule has 2 amide bonds. The maximum Gasteiger partial charge on any atom is 0.252 e. The molecule has 1 aromatic carbocycles. The minimum absolute atomic E-state index is 0.0468. The molecule has 2 unspecified atom stereocenters. The Labute approximate surface area is 125 Å². The van der Waals surface area contributed by atoms with Gasteiger partial charge >= 0.3 is 0 Å². The number of likely N-dealkylation sites (tertiary alicyclic amines) is 1. The number of hydrogen-bond donors (Lipinski definition) is 1. The number of ether oxygens (including phenoxy) is 1. The van der Waals surface area contributed by atoms with Gasteiger partial charge in [-0.05, 0) is 44.0 Å². The highest BCUT2D eigenvalue weighted by atomic mass is 16.5. The molecule has 0 saturated carbocycles. The SMILES string of the molecule is CCC(C)N1C(=O)CC(Nc2ccc(OC)c(C)c2)C1=O. The molecule has 1 aromatic rings. The molecule has 2 atom stereocenters. The second kappa shape index (κ2) is 6.16. The van der Waals surface area contributed by atoms with Gasteiger partial charge in [0.1, 0.15) is 11.8 Å². The van der Waals surface area contributed by atoms with E-state index in [2.05, 4.69) is 5.32 Å². The van der Waals surface area contributed by atoms with Crippen molar-refractivity contribution >= 4 is 17.5 Å². The van der Waals surface area contributed by atoms with E-state index >= 15 is 0 Å². The lowest BCUT2D eigenvalue weighted by Crippen LogP contribution is -2.40. The van der Waals surface area contributed by atoms with Crippen LogP contribution in [0.25, 0.3) is 0 Å². The highest BCUT2D eigenvalue weighted by Crippen LogP contribution is 2.25. The van der Waals surface area contributed by atoms with E-state index in [0.717, 1.165) is 23.4 Å². The average molecular weight is 290 g/mol. The molecule has 0 spiro atoms. The Morgan fingerprint density at radius 1 is 1.43 bits per heavy atom. The van der Waals surface area contributed by atoms with Gasteiger partial charge in [-0.1, -0.05) is 6.92 Å². The number of rotatable bonds is 5. The number of carbonyl (C=O) groups excluding carboxylic acids is 2. The predicted octanol–water partition coefficient (Wildman–Crippen LogP) is 2.34. The first-order chi connectivity index (χ1) is 9.97. The molecule has 0 aliphatic carbocycles. The second-order valence-corrected chi connectivity index (χ2v) is 5.44. The third kappa shape index (κ3) is 3.01. The number of nitrogens with zero attached hydrogens (tertiary/aromatic N) is 1. The van der Waals surface area contributed by atoms with Gasteiger partial charge in [-0.2, -0.15) is 0 Å². The molecule has 5 heteroatoms. The fourth-order valence-corrected chi connectivity index (χ4v) is 2.58. The number of anilines is 1. The smallest absolute Gasteiger partial charge is 0.252 e. The summed E-state index contributed by atoms with van der Waals surface area (Å²) in [5.41, 5.74) is 1.81. The third-order valence-electron chi connectivity index (χ3n) is 3.95. The lowest BCUT2D eigenvalue weighted by molar-refractivity contribution is -0.140. The minimum Gasteiger partial charge on any atom is -0.496 e. The molecule has 0 bridgehead atoms. The Kier molecular flexibility index (Phi) is 4.50. The van der Waals surface area contributed by atoms with Gasteiger partial charge in [-0.25, -0.2) is 0 Å². The van der Waals surface area contributed by atoms with Gasteiger partial charge in [0.15, 0.2) is 0 Å². The van der Waals surface area contributed by atoms with E-state index in [0.29, 0.717) is 0 Å². The number of nitrogens with one attached hydrogen (secondary N) is 1. The van der Waals surface area contributed by atoms with E-state index in [4.69, 9.17) is 4.74 Å². The summed E-state index contributed by atoms with van der Waals surface area (Å²) in [5.74, 6) is 0.565. The summed E-state index contributed by atoms with van der Waals surface area (Å²) in [5, 5.41) is 3.15. The Morgan fingerprint density at radius 3 is 2.71 bits per heavy atom. The van der Waals surface area contributed by atoms with E-state index in [-0.39, 0.29) is 24.3 Å². The van der Waals surface area contributed by atoms with E-state index in [1.165, 1.54) is 4.90 Å². The first kappa shape index (κ1) is 15.4. The van der Waals surface area contributed by atoms with Crippen LogP contribution < -0.4 is 10.1 Å². The Morgan fingerprint density at radius 2 is 2.14 bits per heavy atom. The fraction of sp³-hybridized carbons (Fsp3) is 0.500. The number of carbonyl (C=O) groups is 2. The van der Waals surface area contributed by atoms with Crippen molar-refractivity contribution in [2.75, 3.05) is 12.4 Å². The molecule has 0 radical (unpaired) electrons. The zero-order chi connectivity index (χ0) is 15.6. The summed E-state index contributed by atoms with van der Waals surface area (Å²) in [6.07, 6.45) is 0.986. The Balaban J connectivity index is 2.12. The molecule has 0 aromatic heterocycles. The molecule has 114 valence electrons. The van der Waals surface area contributed by atoms with Gasteiger partial charge in [0.2, 0.25) is 5.91 Å². The first-order valence-electron chi connectivity index (χ1n) is 7.25. The van der Waals surface area contributed by atoms with Gasteiger partial charge in [-0.15, -0.1) is 0 Å². The summed E-state index contributed by atoms with van der Waals surface area (Å²) >= 11 is 0. The monoisotopic (exact) mass is 290 g/mol. The maximum absolute atomic E-state index is 12.3. The molecule has 1 saturated heterocycles. The molecule has 1 N–H and O–H groups in total. The van der Waals surface area contributed by atoms with Gasteiger partial charge in [0.05, 0.1) is 13.5 Å². The highest BCUT2D eigenvalue weighted by Gasteiger charge is 2.40. The van der Waals surface area contributed by atoms with E-state index in [9.17, 15) is 9.59 Å². The van der Waals surface area contributed by atoms with Crippen molar-refractivity contribution in [3.8, 4) is 5.75 Å². The molecular weight excluding hydrogens is 268 g/mol. The van der Waals surface area contributed by atoms with Crippen molar-refractivity contribution in [2.45, 2.75) is 45.7 Å². The Hall–Kier alpha value is -2.04. The van der Waals surface area contributed by atoms with Gasteiger partial charge in [0.25, 0.3) is 5.91 Å². The number of aryl methyl sites for hydroxylation is 1. The molecule has 1 aliphatic rings. The normalized spacial score (nSPS) is 19.8. The molecule has 1 fully saturated rings. The van der Waals surface area contributed by atoms with Gasteiger partial charge in [-0.3, -0.25) is 14.5 Å². The number of benzene rings is 1. The second-order valence-electron chi connectivity index (χ2n) is 5.44. The topological polar surface area (TPSA) is 58.6 Å². The minimum atomic E-state index is -0.473. The number of imide groups is 1. The van der Waals surface area contributed by atoms with Gasteiger partial charge < -0.3 is 10.1 Å². The van der Waals surface area contributed by atoms with Crippen LogP contribution in [0, 0.1) is 6.92 Å². The lowest BCUT2D eigenvalue weighted by atomic mass is 10.1. The first-order valence-corrected chi connectivity index (χ1v) is 7.25. The standard InChI is InChI=1S/C16H22N2O3/c1-5-11(3)18-15(19)9-13(16(18)20)17-12-6-7-14(21-4)10(2)8-12/h6-8,11,13,17H,5,9H2,1-4H3. The molecule has 2 rings (SSSR count). The summed E-state index contributed by atoms with van der Waals surface area (Å²) in [7, 11) is 1.62. The van der Waals surface area contributed by atoms with E-state index in [1.807, 2.05) is 39.0 Å². The van der Waals surface area contributed by atoms with Crippen LogP contribution in [0.2, 0.25) is 0 Å². The summed E-state index contributed by atoms with van der Waals surface area (Å²) in [6, 6.07) is 5.11. The van der Waals surface area contributed by atoms with Crippen molar-refractivity contribution in [3.05, 3.63) is 23.8 Å². The third-order valence-corrected chi connectivity index (χ3v) is 3.95. The Bertz CT molecular complexity index is 556. The zero-order valence-electron chi connectivity index (χ0n) is 13.0. The van der Waals surface area contributed by atoms with Gasteiger partial charge in [0, 0.05) is 11.7 Å². The van der Waals surface area contributed by atoms with Crippen LogP contribution in [0.4, 0.5) is 5.69 Å². The molecular formula is C16H22N2O3. The van der Waals surface area contributed by atoms with Crippen LogP contribution in [0.3, 0.4) is 0 Å². The fourth-order valence-electron chi connectivity index (χ4n) is 2.58. The summed E-state index contributed by atoms with van der Waals surface area (Å²) in [6.45, 7) is 5.81. The largest absolute Gasteiger partial charge is 0.496 e. The number of hydrogen-bond acceptors (Lipinski definition) is 4. The molecule has 5 nitrogen and oxygen atoms in total. The molecule has 1 aliphatic heterocycles. The maximum atomic E-state index is 12.3. The number of amides is 2. The molecule has 1 heterocycles. The quantitative estimate of drug-likeness (QED) is 0.846. The van der Waals surface area contributed by atoms with Crippen LogP contribution in [-0.2, 0) is 9.59 Å². The van der Waals surface area contributed by atoms with Crippen molar-refractivity contribution in [1.29, 1.82) is 0 Å². The summed E-state index contributed by atoms with van der Waals surface area (Å²) in [4.78, 5) is 25.7. The average Bonchev–Trinajstić information content (AvgIpc) is 2.73. The number of methoxy groups -OCH3 is 1. The van der Waals surface area contributed by atoms with Crippen LogP contribution in [-0.4, -0.2) is 35.9 Å². The van der Waals surface area contributed by atoms with E-state index < -0.39 is 6.04 Å². The van der Waals surface area contributed by atoms with Crippen LogP contribution in [0.5, 0.6) is 5.75 Å². The van der Waals surface area contributed by atoms with Crippen molar-refractivity contribution in [3.63, 3.8) is 0 Å². The predicted molar refractivity (Wildman–Crippen MR) is 81.4 cm³/mol. The van der Waals surface area contributed by atoms with E-state index in [1.54, 1.807) is 7.11 Å². The van der Waals surface area contributed by atoms with Crippen LogP contribution >= 0.6 is 0 Å². The lowest BCUT2D eigenvalue weighted by Gasteiger charge is -2.22. The van der Waals surface area contributed by atoms with Crippen LogP contribution in [0.15, 0.2) is 18.2 Å². The van der Waals surface area contributed by atoms with Crippen molar-refractivity contribution in [2.24, 2.45) is 0 Å². The summed E-state index contributed by atoms with van der Waals surface area (Å²) < 4.78 is 5.21. The molecule has 21 heavy (non-hydrogen) atoms. The van der Waals surface area contributed by atoms with Crippen molar-refractivity contribution in [1.82, 2.24) is 4.90 Å². The highest BCUT2D eigenvalue weighted by molar-refractivity contribution is 6.07. The van der Waals surface area contributed by atoms with Crippen molar-refractivity contribution < 1.29 is 14.3 Å². The zero-order valence-corrected chi connectivity index (χ0v) is 13.0.